The van der Waals surface area contributed by atoms with E-state index in [0.29, 0.717) is 0 Å². The second-order valence-corrected chi connectivity index (χ2v) is 4.46. The molecule has 0 saturated carbocycles. The summed E-state index contributed by atoms with van der Waals surface area (Å²) in [6.45, 7) is 0. The van der Waals surface area contributed by atoms with Crippen LogP contribution in [-0.2, 0) is 13.8 Å². The lowest BCUT2D eigenvalue weighted by atomic mass is 10.4. The van der Waals surface area contributed by atoms with E-state index < -0.39 is 20.1 Å². The fraction of sp³-hybridized carbons (Fsp3) is 0.200. The van der Waals surface area contributed by atoms with Crippen molar-refractivity contribution < 1.29 is 22.5 Å². The summed E-state index contributed by atoms with van der Waals surface area (Å²) in [5.41, 5.74) is -0.248. The van der Waals surface area contributed by atoms with Crippen molar-refractivity contribution in [1.29, 1.82) is 0 Å². The van der Waals surface area contributed by atoms with Crippen LogP contribution in [0, 0.1) is 0 Å². The summed E-state index contributed by atoms with van der Waals surface area (Å²) in [7, 11) is 2.05. The van der Waals surface area contributed by atoms with E-state index in [1.165, 1.54) is 0 Å². The van der Waals surface area contributed by atoms with Crippen molar-refractivity contribution in [2.75, 3.05) is 7.11 Å². The van der Waals surface area contributed by atoms with E-state index in [1.807, 2.05) is 0 Å². The quantitative estimate of drug-likeness (QED) is 0.535. The summed E-state index contributed by atoms with van der Waals surface area (Å²) in [6.07, 6.45) is 0. The number of hydrogen-bond donors (Lipinski definition) is 0. The van der Waals surface area contributed by atoms with Crippen molar-refractivity contribution in [1.82, 2.24) is 5.16 Å². The minimum atomic E-state index is -3.99. The van der Waals surface area contributed by atoms with Gasteiger partial charge in [-0.25, -0.2) is 13.2 Å². The first-order valence-corrected chi connectivity index (χ1v) is 5.26. The Hall–Kier alpha value is -1.08. The topological polar surface area (TPSA) is 86.5 Å². The lowest BCUT2D eigenvalue weighted by Gasteiger charge is -1.88. The number of nitrogens with zero attached hydrogens (tertiary/aromatic N) is 1. The number of carbonyl (C=O) groups is 1. The Morgan fingerprint density at radius 3 is 2.69 bits per heavy atom. The normalized spacial score (nSPS) is 11.2. The predicted octanol–water partition coefficient (Wildman–Crippen LogP) is 0.389. The van der Waals surface area contributed by atoms with Crippen LogP contribution in [0.3, 0.4) is 0 Å². The summed E-state index contributed by atoms with van der Waals surface area (Å²) in [5.74, 6) is -0.796. The third kappa shape index (κ3) is 2.19. The van der Waals surface area contributed by atoms with Gasteiger partial charge >= 0.3 is 5.97 Å². The van der Waals surface area contributed by atoms with E-state index >= 15 is 0 Å². The number of hydrogen-bond acceptors (Lipinski definition) is 6. The molecule has 1 heterocycles. The SMILES string of the molecule is COC(=O)c1cc(S(=O)(=O)Cl)on1. The summed E-state index contributed by atoms with van der Waals surface area (Å²) < 4.78 is 29.8. The van der Waals surface area contributed by atoms with Crippen molar-refractivity contribution in [3.8, 4) is 0 Å². The number of carbonyl (C=O) groups excluding carboxylic acids is 1. The third-order valence-corrected chi connectivity index (χ3v) is 2.25. The van der Waals surface area contributed by atoms with Crippen LogP contribution in [0.5, 0.6) is 0 Å². The van der Waals surface area contributed by atoms with Gasteiger partial charge in [0.25, 0.3) is 14.1 Å². The molecule has 1 aromatic heterocycles. The average molecular weight is 226 g/mol. The van der Waals surface area contributed by atoms with Gasteiger partial charge in [-0.1, -0.05) is 5.16 Å². The van der Waals surface area contributed by atoms with Crippen molar-refractivity contribution in [2.24, 2.45) is 0 Å². The van der Waals surface area contributed by atoms with Gasteiger partial charge in [0.1, 0.15) is 0 Å². The Kier molecular flexibility index (Phi) is 2.58. The molecule has 13 heavy (non-hydrogen) atoms. The van der Waals surface area contributed by atoms with E-state index in [-0.39, 0.29) is 5.69 Å². The maximum atomic E-state index is 10.8. The zero-order valence-corrected chi connectivity index (χ0v) is 7.92. The highest BCUT2D eigenvalue weighted by atomic mass is 35.7. The lowest BCUT2D eigenvalue weighted by molar-refractivity contribution is 0.0588. The van der Waals surface area contributed by atoms with E-state index in [4.69, 9.17) is 10.7 Å². The smallest absolute Gasteiger partial charge is 0.360 e. The van der Waals surface area contributed by atoms with Gasteiger partial charge in [0, 0.05) is 16.7 Å². The molecule has 1 rings (SSSR count). The predicted molar refractivity (Wildman–Crippen MR) is 40.9 cm³/mol. The van der Waals surface area contributed by atoms with Gasteiger partial charge in [-0.3, -0.25) is 0 Å². The van der Waals surface area contributed by atoms with Crippen molar-refractivity contribution in [2.45, 2.75) is 5.09 Å². The van der Waals surface area contributed by atoms with Crippen LogP contribution >= 0.6 is 10.7 Å². The molecule has 0 bridgehead atoms. The number of esters is 1. The molecule has 0 N–H and O–H groups in total. The van der Waals surface area contributed by atoms with Gasteiger partial charge in [-0.05, 0) is 0 Å². The Balaban J connectivity index is 3.07. The van der Waals surface area contributed by atoms with Gasteiger partial charge in [0.05, 0.1) is 7.11 Å². The van der Waals surface area contributed by atoms with Crippen molar-refractivity contribution in [3.63, 3.8) is 0 Å². The number of rotatable bonds is 2. The minimum Gasteiger partial charge on any atom is -0.464 e. The molecule has 6 nitrogen and oxygen atoms in total. The summed E-state index contributed by atoms with van der Waals surface area (Å²) in [5, 5.41) is 2.55. The van der Waals surface area contributed by atoms with Crippen LogP contribution in [0.1, 0.15) is 10.5 Å². The molecule has 0 aromatic carbocycles. The van der Waals surface area contributed by atoms with Crippen LogP contribution in [-0.4, -0.2) is 26.7 Å². The summed E-state index contributed by atoms with van der Waals surface area (Å²) in [4.78, 5) is 10.8. The molecular weight excluding hydrogens is 222 g/mol. The zero-order chi connectivity index (χ0) is 10.1. The molecule has 0 aliphatic rings. The highest BCUT2D eigenvalue weighted by Crippen LogP contribution is 2.15. The first-order valence-electron chi connectivity index (χ1n) is 2.95. The molecule has 0 aliphatic heterocycles. The standard InChI is InChI=1S/C5H4ClNO5S/c1-11-5(8)3-2-4(12-7-3)13(6,9)10/h2H,1H3. The van der Waals surface area contributed by atoms with Gasteiger partial charge in [-0.15, -0.1) is 0 Å². The van der Waals surface area contributed by atoms with Crippen LogP contribution in [0.4, 0.5) is 0 Å². The molecule has 0 fully saturated rings. The van der Waals surface area contributed by atoms with Gasteiger partial charge in [-0.2, -0.15) is 0 Å². The number of halogens is 1. The van der Waals surface area contributed by atoms with E-state index in [2.05, 4.69) is 14.4 Å². The Morgan fingerprint density at radius 2 is 2.31 bits per heavy atom. The van der Waals surface area contributed by atoms with E-state index in [0.717, 1.165) is 13.2 Å². The van der Waals surface area contributed by atoms with Gasteiger partial charge in [0.2, 0.25) is 0 Å². The Labute approximate surface area is 77.8 Å². The molecule has 0 unspecified atom stereocenters. The highest BCUT2D eigenvalue weighted by Gasteiger charge is 2.20. The number of methoxy groups -OCH3 is 1. The molecule has 0 amide bonds. The average Bonchev–Trinajstić information content (AvgIpc) is 2.50. The number of aromatic nitrogens is 1. The van der Waals surface area contributed by atoms with Gasteiger partial charge in [0.15, 0.2) is 5.69 Å². The van der Waals surface area contributed by atoms with Crippen LogP contribution in [0.25, 0.3) is 0 Å². The first-order chi connectivity index (χ1) is 5.95. The molecule has 0 atom stereocenters. The molecule has 0 aliphatic carbocycles. The fourth-order valence-corrected chi connectivity index (χ4v) is 1.17. The zero-order valence-electron chi connectivity index (χ0n) is 6.35. The lowest BCUT2D eigenvalue weighted by Crippen LogP contribution is -2.00. The highest BCUT2D eigenvalue weighted by molar-refractivity contribution is 8.13. The molecule has 1 aromatic rings. The second kappa shape index (κ2) is 3.35. The van der Waals surface area contributed by atoms with Crippen molar-refractivity contribution in [3.05, 3.63) is 11.8 Å². The monoisotopic (exact) mass is 225 g/mol. The van der Waals surface area contributed by atoms with Crippen LogP contribution < -0.4 is 0 Å². The van der Waals surface area contributed by atoms with Crippen LogP contribution in [0.2, 0.25) is 0 Å². The van der Waals surface area contributed by atoms with Crippen molar-refractivity contribution >= 4 is 25.7 Å². The van der Waals surface area contributed by atoms with E-state index in [9.17, 15) is 13.2 Å². The summed E-state index contributed by atoms with van der Waals surface area (Å²) in [6, 6.07) is 0.883. The molecule has 0 spiro atoms. The Morgan fingerprint density at radius 1 is 1.69 bits per heavy atom. The molecule has 72 valence electrons. The maximum absolute atomic E-state index is 10.8. The molecular formula is C5H4ClNO5S. The molecule has 8 heteroatoms. The first kappa shape index (κ1) is 10.0. The van der Waals surface area contributed by atoms with Gasteiger partial charge < -0.3 is 9.26 Å². The minimum absolute atomic E-state index is 0.248. The van der Waals surface area contributed by atoms with Crippen LogP contribution in [0.15, 0.2) is 15.7 Å². The maximum Gasteiger partial charge on any atom is 0.360 e. The molecule has 0 radical (unpaired) electrons. The number of ether oxygens (including phenoxy) is 1. The Bertz CT molecular complexity index is 422. The fourth-order valence-electron chi connectivity index (χ4n) is 0.574. The van der Waals surface area contributed by atoms with E-state index in [1.54, 1.807) is 0 Å². The third-order valence-electron chi connectivity index (χ3n) is 1.12. The summed E-state index contributed by atoms with van der Waals surface area (Å²) >= 11 is 0. The largest absolute Gasteiger partial charge is 0.464 e. The molecule has 0 saturated heterocycles. The second-order valence-electron chi connectivity index (χ2n) is 1.96.